The fourth-order valence-electron chi connectivity index (χ4n) is 3.89. The Kier molecular flexibility index (Phi) is 5.03. The Labute approximate surface area is 171 Å². The summed E-state index contributed by atoms with van der Waals surface area (Å²) in [6, 6.07) is 11.5. The maximum atomic E-state index is 12.9. The van der Waals surface area contributed by atoms with Crippen LogP contribution in [0.15, 0.2) is 46.9 Å². The van der Waals surface area contributed by atoms with Crippen molar-refractivity contribution in [2.45, 2.75) is 31.3 Å². The summed E-state index contributed by atoms with van der Waals surface area (Å²) in [4.78, 5) is 39.6. The van der Waals surface area contributed by atoms with E-state index >= 15 is 0 Å². The van der Waals surface area contributed by atoms with Gasteiger partial charge in [-0.3, -0.25) is 19.3 Å². The summed E-state index contributed by atoms with van der Waals surface area (Å²) in [7, 11) is 0. The number of hydrogen-bond donors (Lipinski definition) is 2. The number of anilines is 1. The van der Waals surface area contributed by atoms with E-state index in [1.54, 1.807) is 29.2 Å². The molecule has 0 saturated heterocycles. The average molecular weight is 442 g/mol. The van der Waals surface area contributed by atoms with Crippen molar-refractivity contribution in [3.63, 3.8) is 0 Å². The molecule has 2 heterocycles. The number of para-hydroxylation sites is 1. The molecular formula is C21H20BrN3O3. The minimum atomic E-state index is -0.675. The van der Waals surface area contributed by atoms with Crippen molar-refractivity contribution in [2.24, 2.45) is 5.73 Å². The van der Waals surface area contributed by atoms with Gasteiger partial charge in [0, 0.05) is 16.5 Å². The lowest BCUT2D eigenvalue weighted by atomic mass is 10.0. The number of ketones is 1. The highest BCUT2D eigenvalue weighted by molar-refractivity contribution is 9.10. The zero-order chi connectivity index (χ0) is 19.8. The second-order valence-corrected chi connectivity index (χ2v) is 8.06. The fraction of sp³-hybridized carbons (Fsp3) is 0.286. The van der Waals surface area contributed by atoms with E-state index in [0.717, 1.165) is 21.3 Å². The summed E-state index contributed by atoms with van der Waals surface area (Å²) >= 11 is 3.33. The van der Waals surface area contributed by atoms with Crippen LogP contribution in [0, 0.1) is 0 Å². The molecule has 2 aromatic rings. The Bertz CT molecular complexity index is 958. The van der Waals surface area contributed by atoms with Gasteiger partial charge in [0.2, 0.25) is 11.8 Å². The van der Waals surface area contributed by atoms with Gasteiger partial charge in [0.25, 0.3) is 0 Å². The summed E-state index contributed by atoms with van der Waals surface area (Å²) in [5.74, 6) is -0.755. The third-order valence-electron chi connectivity index (χ3n) is 5.34. The molecule has 144 valence electrons. The third-order valence-corrected chi connectivity index (χ3v) is 5.87. The minimum absolute atomic E-state index is 0.117. The van der Waals surface area contributed by atoms with Crippen LogP contribution >= 0.6 is 15.9 Å². The molecule has 2 aliphatic rings. The van der Waals surface area contributed by atoms with Gasteiger partial charge >= 0.3 is 0 Å². The molecular weight excluding hydrogens is 422 g/mol. The highest BCUT2D eigenvalue weighted by Gasteiger charge is 2.42. The Balaban J connectivity index is 1.52. The number of carbonyl (C=O) groups is 3. The molecule has 6 nitrogen and oxygen atoms in total. The first-order chi connectivity index (χ1) is 13.5. The van der Waals surface area contributed by atoms with Gasteiger partial charge < -0.3 is 11.1 Å². The number of halogens is 1. The van der Waals surface area contributed by atoms with E-state index in [2.05, 4.69) is 21.2 Å². The minimum Gasteiger partial charge on any atom is -0.347 e. The summed E-state index contributed by atoms with van der Waals surface area (Å²) in [6.07, 6.45) is 1.70. The van der Waals surface area contributed by atoms with Crippen LogP contribution in [-0.2, 0) is 22.4 Å². The highest BCUT2D eigenvalue weighted by Crippen LogP contribution is 2.38. The van der Waals surface area contributed by atoms with Gasteiger partial charge in [-0.05, 0) is 36.1 Å². The number of carbonyl (C=O) groups excluding carboxylic acids is 3. The van der Waals surface area contributed by atoms with Crippen LogP contribution in [0.3, 0.4) is 0 Å². The standard InChI is InChI=1S/C21H20BrN3O3/c22-15-7-4-12(5-8-15)18(26)11-24-20(27)17-10-14-3-1-2-13-6-9-16(23)21(28)25(17)19(13)14/h1-5,7-8,16-17H,6,9-11,23H2,(H,24,27)/t16-,17-/m0/s1. The van der Waals surface area contributed by atoms with Crippen molar-refractivity contribution >= 4 is 39.2 Å². The average Bonchev–Trinajstić information content (AvgIpc) is 3.04. The molecule has 0 aliphatic carbocycles. The molecule has 0 unspecified atom stereocenters. The highest BCUT2D eigenvalue weighted by atomic mass is 79.9. The van der Waals surface area contributed by atoms with Crippen LogP contribution in [0.1, 0.15) is 27.9 Å². The molecule has 0 bridgehead atoms. The fourth-order valence-corrected chi connectivity index (χ4v) is 4.15. The van der Waals surface area contributed by atoms with Crippen molar-refractivity contribution in [3.05, 3.63) is 63.6 Å². The quantitative estimate of drug-likeness (QED) is 0.709. The number of Topliss-reactive ketones (excluding diaryl/α,β-unsaturated/α-hetero) is 1. The second-order valence-electron chi connectivity index (χ2n) is 7.15. The van der Waals surface area contributed by atoms with Gasteiger partial charge in [-0.15, -0.1) is 0 Å². The van der Waals surface area contributed by atoms with Gasteiger partial charge in [-0.1, -0.05) is 46.3 Å². The summed E-state index contributed by atoms with van der Waals surface area (Å²) in [6.45, 7) is -0.117. The first-order valence-electron chi connectivity index (χ1n) is 9.21. The third kappa shape index (κ3) is 3.36. The van der Waals surface area contributed by atoms with Gasteiger partial charge in [0.15, 0.2) is 5.78 Å². The van der Waals surface area contributed by atoms with Crippen LogP contribution in [0.4, 0.5) is 5.69 Å². The van der Waals surface area contributed by atoms with E-state index in [1.807, 2.05) is 18.2 Å². The van der Waals surface area contributed by atoms with Crippen molar-refractivity contribution in [1.82, 2.24) is 5.32 Å². The summed E-state index contributed by atoms with van der Waals surface area (Å²) in [5.41, 5.74) is 9.39. The molecule has 2 aromatic carbocycles. The number of rotatable bonds is 4. The van der Waals surface area contributed by atoms with E-state index in [0.29, 0.717) is 24.8 Å². The SMILES string of the molecule is N[C@H]1CCc2cccc3c2N(C1=O)[C@H](C(=O)NCC(=O)c1ccc(Br)cc1)C3. The predicted octanol–water partition coefficient (Wildman–Crippen LogP) is 1.98. The first kappa shape index (κ1) is 18.8. The Hall–Kier alpha value is -2.51. The zero-order valence-electron chi connectivity index (χ0n) is 15.2. The van der Waals surface area contributed by atoms with E-state index in [9.17, 15) is 14.4 Å². The number of nitrogens with one attached hydrogen (secondary N) is 1. The lowest BCUT2D eigenvalue weighted by Crippen LogP contribution is -2.53. The van der Waals surface area contributed by atoms with Crippen molar-refractivity contribution in [2.75, 3.05) is 11.4 Å². The molecule has 0 spiro atoms. The first-order valence-corrected chi connectivity index (χ1v) is 10.0. The maximum Gasteiger partial charge on any atom is 0.244 e. The van der Waals surface area contributed by atoms with Gasteiger partial charge in [0.05, 0.1) is 18.3 Å². The number of benzene rings is 2. The normalized spacial score (nSPS) is 20.5. The van der Waals surface area contributed by atoms with Crippen molar-refractivity contribution < 1.29 is 14.4 Å². The lowest BCUT2D eigenvalue weighted by Gasteiger charge is -2.26. The van der Waals surface area contributed by atoms with E-state index in [1.165, 1.54) is 0 Å². The van der Waals surface area contributed by atoms with E-state index < -0.39 is 12.1 Å². The Morgan fingerprint density at radius 3 is 2.61 bits per heavy atom. The van der Waals surface area contributed by atoms with E-state index in [-0.39, 0.29) is 24.1 Å². The van der Waals surface area contributed by atoms with Crippen molar-refractivity contribution in [3.8, 4) is 0 Å². The molecule has 2 atom stereocenters. The largest absolute Gasteiger partial charge is 0.347 e. The van der Waals surface area contributed by atoms with Gasteiger partial charge in [-0.2, -0.15) is 0 Å². The van der Waals surface area contributed by atoms with Crippen LogP contribution in [0.25, 0.3) is 0 Å². The van der Waals surface area contributed by atoms with Gasteiger partial charge in [0.1, 0.15) is 6.04 Å². The molecule has 3 N–H and O–H groups in total. The molecule has 7 heteroatoms. The monoisotopic (exact) mass is 441 g/mol. The summed E-state index contributed by atoms with van der Waals surface area (Å²) < 4.78 is 0.878. The number of aryl methyl sites for hydroxylation is 1. The smallest absolute Gasteiger partial charge is 0.244 e. The topological polar surface area (TPSA) is 92.5 Å². The van der Waals surface area contributed by atoms with Crippen LogP contribution < -0.4 is 16.0 Å². The van der Waals surface area contributed by atoms with Crippen molar-refractivity contribution in [1.29, 1.82) is 0 Å². The molecule has 0 saturated carbocycles. The molecule has 0 fully saturated rings. The Morgan fingerprint density at radius 2 is 1.86 bits per heavy atom. The van der Waals surface area contributed by atoms with E-state index in [4.69, 9.17) is 5.73 Å². The Morgan fingerprint density at radius 1 is 1.14 bits per heavy atom. The number of hydrogen-bond acceptors (Lipinski definition) is 4. The molecule has 2 amide bonds. The second kappa shape index (κ2) is 7.48. The van der Waals surface area contributed by atoms with Crippen LogP contribution in [0.2, 0.25) is 0 Å². The molecule has 0 aromatic heterocycles. The molecule has 4 rings (SSSR count). The molecule has 28 heavy (non-hydrogen) atoms. The number of amides is 2. The summed E-state index contributed by atoms with van der Waals surface area (Å²) in [5, 5.41) is 2.70. The lowest BCUT2D eigenvalue weighted by molar-refractivity contribution is -0.126. The predicted molar refractivity (Wildman–Crippen MR) is 109 cm³/mol. The zero-order valence-corrected chi connectivity index (χ0v) is 16.7. The van der Waals surface area contributed by atoms with Gasteiger partial charge in [-0.25, -0.2) is 0 Å². The van der Waals surface area contributed by atoms with Crippen LogP contribution in [0.5, 0.6) is 0 Å². The number of nitrogens with two attached hydrogens (primary N) is 1. The maximum absolute atomic E-state index is 12.9. The molecule has 0 radical (unpaired) electrons. The number of nitrogens with zero attached hydrogens (tertiary/aromatic N) is 1. The van der Waals surface area contributed by atoms with Crippen LogP contribution in [-0.4, -0.2) is 36.2 Å². The molecule has 2 aliphatic heterocycles.